The van der Waals surface area contributed by atoms with Gasteiger partial charge in [-0.2, -0.15) is 0 Å². The number of epoxide rings is 1. The highest BCUT2D eigenvalue weighted by atomic mass is 16.6. The van der Waals surface area contributed by atoms with Crippen LogP contribution < -0.4 is 9.80 Å². The first-order valence-corrected chi connectivity index (χ1v) is 11.9. The number of hydrogen-bond donors (Lipinski definition) is 0. The molecule has 3 aliphatic heterocycles. The lowest BCUT2D eigenvalue weighted by atomic mass is 9.61. The first kappa shape index (κ1) is 19.2. The van der Waals surface area contributed by atoms with Crippen LogP contribution in [0.5, 0.6) is 0 Å². The first-order valence-electron chi connectivity index (χ1n) is 11.9. The van der Waals surface area contributed by atoms with Crippen molar-refractivity contribution in [3.8, 4) is 0 Å². The van der Waals surface area contributed by atoms with Crippen LogP contribution in [0.25, 0.3) is 0 Å². The average Bonchev–Trinajstić information content (AvgIpc) is 3.64. The molecule has 3 amide bonds. The van der Waals surface area contributed by atoms with Crippen molar-refractivity contribution in [2.45, 2.75) is 38.0 Å². The van der Waals surface area contributed by atoms with Crippen LogP contribution in [0.4, 0.5) is 11.4 Å². The van der Waals surface area contributed by atoms with E-state index in [1.54, 1.807) is 0 Å². The van der Waals surface area contributed by atoms with E-state index in [0.717, 1.165) is 23.3 Å². The summed E-state index contributed by atoms with van der Waals surface area (Å²) in [6.07, 6.45) is 2.44. The van der Waals surface area contributed by atoms with Gasteiger partial charge in [-0.3, -0.25) is 19.3 Å². The van der Waals surface area contributed by atoms with Gasteiger partial charge in [-0.1, -0.05) is 42.0 Å². The molecule has 6 nitrogen and oxygen atoms in total. The van der Waals surface area contributed by atoms with E-state index in [-0.39, 0.29) is 53.7 Å². The Morgan fingerprint density at radius 1 is 0.636 bits per heavy atom. The molecule has 2 aliphatic carbocycles. The standard InChI is InChI=1S/C27H24N2O4/c30-24-19-12-11-17-21-18(26(32)29(27-23(17)33-27)16-9-5-2-6-10-16)13-14-20(22(19)21)25(31)28(24)15-7-3-1-4-8-15/h1-10,17-20,23,27H,11-14H2. The number of imide groups is 1. The number of hydrogen-bond acceptors (Lipinski definition) is 4. The molecule has 7 rings (SSSR count). The van der Waals surface area contributed by atoms with Crippen molar-refractivity contribution in [3.63, 3.8) is 0 Å². The van der Waals surface area contributed by atoms with Crippen LogP contribution >= 0.6 is 0 Å². The molecule has 2 aromatic carbocycles. The van der Waals surface area contributed by atoms with Gasteiger partial charge in [0, 0.05) is 11.6 Å². The van der Waals surface area contributed by atoms with Gasteiger partial charge in [0.15, 0.2) is 6.23 Å². The number of piperidine rings is 1. The molecular formula is C27H24N2O4. The third kappa shape index (κ3) is 2.61. The SMILES string of the molecule is O=C1C2CCC3C(=O)N(c4ccccc4)C4OC4C4CCC(C(=O)N1c1ccccc1)C2=C34. The maximum atomic E-state index is 13.8. The van der Waals surface area contributed by atoms with Crippen molar-refractivity contribution in [2.24, 2.45) is 23.7 Å². The summed E-state index contributed by atoms with van der Waals surface area (Å²) in [6.45, 7) is 0. The Balaban J connectivity index is 1.34. The summed E-state index contributed by atoms with van der Waals surface area (Å²) in [5.41, 5.74) is 3.48. The Kier molecular flexibility index (Phi) is 4.01. The van der Waals surface area contributed by atoms with Crippen molar-refractivity contribution in [3.05, 3.63) is 71.8 Å². The fraction of sp³-hybridized carbons (Fsp3) is 0.370. The molecule has 3 fully saturated rings. The van der Waals surface area contributed by atoms with Crippen LogP contribution in [0.15, 0.2) is 71.8 Å². The van der Waals surface area contributed by atoms with E-state index in [1.165, 1.54) is 4.90 Å². The van der Waals surface area contributed by atoms with E-state index in [4.69, 9.17) is 4.74 Å². The van der Waals surface area contributed by atoms with E-state index in [1.807, 2.05) is 65.6 Å². The molecule has 0 N–H and O–H groups in total. The second-order valence-electron chi connectivity index (χ2n) is 9.71. The molecule has 5 aliphatic rings. The lowest BCUT2D eigenvalue weighted by Gasteiger charge is -2.47. The zero-order chi connectivity index (χ0) is 22.3. The molecule has 3 saturated heterocycles. The molecule has 6 heteroatoms. The van der Waals surface area contributed by atoms with Gasteiger partial charge in [-0.25, -0.2) is 4.90 Å². The number of carbonyl (C=O) groups excluding carboxylic acids is 3. The minimum Gasteiger partial charge on any atom is -0.347 e. The number of fused-ring (bicyclic) bond motifs is 2. The van der Waals surface area contributed by atoms with Crippen molar-refractivity contribution in [2.75, 3.05) is 9.80 Å². The van der Waals surface area contributed by atoms with Crippen LogP contribution in [0.3, 0.4) is 0 Å². The molecular weight excluding hydrogens is 416 g/mol. The number of anilines is 2. The van der Waals surface area contributed by atoms with Gasteiger partial charge in [0.1, 0.15) is 6.10 Å². The normalized spacial score (nSPS) is 34.6. The summed E-state index contributed by atoms with van der Waals surface area (Å²) in [5, 5.41) is 0. The van der Waals surface area contributed by atoms with Gasteiger partial charge >= 0.3 is 0 Å². The molecule has 0 spiro atoms. The molecule has 166 valence electrons. The number of carbonyl (C=O) groups is 3. The van der Waals surface area contributed by atoms with Gasteiger partial charge < -0.3 is 4.74 Å². The maximum absolute atomic E-state index is 13.8. The Morgan fingerprint density at radius 2 is 1.18 bits per heavy atom. The second-order valence-corrected chi connectivity index (χ2v) is 9.71. The van der Waals surface area contributed by atoms with Crippen LogP contribution in [0.1, 0.15) is 25.7 Å². The number of amides is 3. The third-order valence-electron chi connectivity index (χ3n) is 8.14. The maximum Gasteiger partial charge on any atom is 0.241 e. The summed E-state index contributed by atoms with van der Waals surface area (Å²) < 4.78 is 6.09. The molecule has 3 heterocycles. The van der Waals surface area contributed by atoms with Gasteiger partial charge in [-0.15, -0.1) is 0 Å². The first-order chi connectivity index (χ1) is 16.1. The monoisotopic (exact) mass is 440 g/mol. The summed E-state index contributed by atoms with van der Waals surface area (Å²) >= 11 is 0. The van der Waals surface area contributed by atoms with Crippen LogP contribution in [0.2, 0.25) is 0 Å². The lowest BCUT2D eigenvalue weighted by Crippen LogP contribution is -2.55. The molecule has 33 heavy (non-hydrogen) atoms. The number of para-hydroxylation sites is 2. The topological polar surface area (TPSA) is 70.2 Å². The van der Waals surface area contributed by atoms with E-state index in [0.29, 0.717) is 24.9 Å². The zero-order valence-electron chi connectivity index (χ0n) is 18.1. The highest BCUT2D eigenvalue weighted by molar-refractivity contribution is 6.20. The van der Waals surface area contributed by atoms with Gasteiger partial charge in [-0.05, 0) is 55.5 Å². The van der Waals surface area contributed by atoms with Crippen molar-refractivity contribution < 1.29 is 19.1 Å². The fourth-order valence-corrected chi connectivity index (χ4v) is 6.76. The molecule has 0 radical (unpaired) electrons. The quantitative estimate of drug-likeness (QED) is 0.406. The zero-order valence-corrected chi connectivity index (χ0v) is 18.1. The third-order valence-corrected chi connectivity index (χ3v) is 8.14. The number of benzene rings is 2. The highest BCUT2D eigenvalue weighted by Crippen LogP contribution is 2.57. The van der Waals surface area contributed by atoms with Crippen molar-refractivity contribution in [1.82, 2.24) is 0 Å². The number of ether oxygens (including phenoxy) is 1. The van der Waals surface area contributed by atoms with Gasteiger partial charge in [0.25, 0.3) is 0 Å². The van der Waals surface area contributed by atoms with Gasteiger partial charge in [0.05, 0.1) is 23.4 Å². The number of rotatable bonds is 2. The second kappa shape index (κ2) is 6.87. The molecule has 0 bridgehead atoms. The summed E-state index contributed by atoms with van der Waals surface area (Å²) in [6, 6.07) is 18.9. The van der Waals surface area contributed by atoms with E-state index in [2.05, 4.69) is 0 Å². The molecule has 6 atom stereocenters. The Hall–Kier alpha value is -3.25. The van der Waals surface area contributed by atoms with E-state index in [9.17, 15) is 14.4 Å². The predicted molar refractivity (Wildman–Crippen MR) is 121 cm³/mol. The van der Waals surface area contributed by atoms with Crippen LogP contribution in [-0.2, 0) is 19.1 Å². The van der Waals surface area contributed by atoms with E-state index >= 15 is 0 Å². The minimum atomic E-state index is -0.324. The van der Waals surface area contributed by atoms with Crippen LogP contribution in [-0.4, -0.2) is 30.1 Å². The van der Waals surface area contributed by atoms with Crippen molar-refractivity contribution in [1.29, 1.82) is 0 Å². The largest absolute Gasteiger partial charge is 0.347 e. The molecule has 0 saturated carbocycles. The number of nitrogens with zero attached hydrogens (tertiary/aromatic N) is 2. The Morgan fingerprint density at radius 3 is 1.82 bits per heavy atom. The minimum absolute atomic E-state index is 0.0446. The Bertz CT molecular complexity index is 1190. The van der Waals surface area contributed by atoms with Crippen molar-refractivity contribution >= 4 is 29.1 Å². The Labute approximate surface area is 191 Å². The molecule has 0 aromatic heterocycles. The smallest absolute Gasteiger partial charge is 0.241 e. The van der Waals surface area contributed by atoms with Crippen LogP contribution in [0, 0.1) is 23.7 Å². The fourth-order valence-electron chi connectivity index (χ4n) is 6.76. The molecule has 6 unspecified atom stereocenters. The summed E-state index contributed by atoms with van der Waals surface area (Å²) in [4.78, 5) is 44.3. The van der Waals surface area contributed by atoms with E-state index < -0.39 is 0 Å². The predicted octanol–water partition coefficient (Wildman–Crippen LogP) is 3.68. The molecule has 2 aromatic rings. The highest BCUT2D eigenvalue weighted by Gasteiger charge is 2.62. The average molecular weight is 440 g/mol. The lowest BCUT2D eigenvalue weighted by molar-refractivity contribution is -0.134. The summed E-state index contributed by atoms with van der Waals surface area (Å²) in [5.74, 6) is -1.06. The van der Waals surface area contributed by atoms with Gasteiger partial charge in [0.2, 0.25) is 17.7 Å². The summed E-state index contributed by atoms with van der Waals surface area (Å²) in [7, 11) is 0.